The summed E-state index contributed by atoms with van der Waals surface area (Å²) in [4.78, 5) is 8.95. The van der Waals surface area contributed by atoms with Gasteiger partial charge in [0.05, 0.1) is 7.11 Å². The summed E-state index contributed by atoms with van der Waals surface area (Å²) < 4.78 is 3.86. The van der Waals surface area contributed by atoms with E-state index in [1.807, 2.05) is 0 Å². The van der Waals surface area contributed by atoms with Crippen LogP contribution in [0.1, 0.15) is 39.0 Å². The largest absolute Gasteiger partial charge is 0.471 e. The minimum absolute atomic E-state index is 0.375. The topological polar surface area (TPSA) is 38.3 Å². The van der Waals surface area contributed by atoms with Crippen molar-refractivity contribution in [1.82, 2.24) is 5.32 Å². The normalized spacial score (nSPS) is 16.7. The summed E-state index contributed by atoms with van der Waals surface area (Å²) in [6, 6.07) is 0. The van der Waals surface area contributed by atoms with Crippen LogP contribution >= 0.6 is 0 Å². The van der Waals surface area contributed by atoms with E-state index in [0.717, 1.165) is 12.5 Å². The Bertz CT molecular complexity index is 122. The smallest absolute Gasteiger partial charge is 0.292 e. The summed E-state index contributed by atoms with van der Waals surface area (Å²) >= 11 is 0. The highest BCUT2D eigenvalue weighted by Gasteiger charge is 2.11. The number of nitrogens with one attached hydrogen (secondary N) is 1. The number of rotatable bonds is 4. The average Bonchev–Trinajstić information content (AvgIpc) is 2.28. The molecule has 0 atom stereocenters. The van der Waals surface area contributed by atoms with Crippen LogP contribution in [0.2, 0.25) is 0 Å². The third kappa shape index (κ3) is 8.05. The Morgan fingerprint density at radius 1 is 1.36 bits per heavy atom. The molecule has 0 saturated heterocycles. The molecule has 14 heavy (non-hydrogen) atoms. The number of carbonyl (C=O) groups is 1. The van der Waals surface area contributed by atoms with Crippen LogP contribution in [0.25, 0.3) is 0 Å². The zero-order valence-corrected chi connectivity index (χ0v) is 9.42. The van der Waals surface area contributed by atoms with Gasteiger partial charge in [-0.25, -0.2) is 0 Å². The molecule has 0 aliphatic heterocycles. The van der Waals surface area contributed by atoms with Crippen molar-refractivity contribution in [2.24, 2.45) is 5.92 Å². The molecule has 1 N–H and O–H groups in total. The Morgan fingerprint density at radius 3 is 2.36 bits per heavy atom. The molecule has 0 radical (unpaired) electrons. The molecule has 0 bridgehead atoms. The molecule has 0 heterocycles. The quantitative estimate of drug-likeness (QED) is 0.707. The Morgan fingerprint density at radius 2 is 1.93 bits per heavy atom. The van der Waals surface area contributed by atoms with Crippen LogP contribution < -0.4 is 5.32 Å². The summed E-state index contributed by atoms with van der Waals surface area (Å²) in [6.07, 6.45) is 7.34. The second-order valence-corrected chi connectivity index (χ2v) is 3.64. The molecular weight excluding hydrogens is 178 g/mol. The van der Waals surface area contributed by atoms with Crippen LogP contribution in [-0.4, -0.2) is 26.7 Å². The second kappa shape index (κ2) is 10.5. The van der Waals surface area contributed by atoms with Crippen molar-refractivity contribution >= 4 is 6.47 Å². The van der Waals surface area contributed by atoms with Gasteiger partial charge in [-0.2, -0.15) is 0 Å². The fourth-order valence-corrected chi connectivity index (χ4v) is 1.74. The summed E-state index contributed by atoms with van der Waals surface area (Å²) in [5.41, 5.74) is 0. The van der Waals surface area contributed by atoms with Crippen LogP contribution in [0.4, 0.5) is 0 Å². The summed E-state index contributed by atoms with van der Waals surface area (Å²) in [6.45, 7) is 4.95. The zero-order valence-electron chi connectivity index (χ0n) is 9.42. The van der Waals surface area contributed by atoms with E-state index in [0.29, 0.717) is 6.47 Å². The van der Waals surface area contributed by atoms with Gasteiger partial charge in [0, 0.05) is 0 Å². The lowest BCUT2D eigenvalue weighted by Gasteiger charge is -2.21. The first-order chi connectivity index (χ1) is 6.85. The molecule has 1 fully saturated rings. The van der Waals surface area contributed by atoms with E-state index in [9.17, 15) is 0 Å². The molecule has 1 aliphatic rings. The van der Waals surface area contributed by atoms with Gasteiger partial charge in [0.2, 0.25) is 0 Å². The Balaban J connectivity index is 0.000000364. The van der Waals surface area contributed by atoms with Crippen molar-refractivity contribution < 1.29 is 9.53 Å². The van der Waals surface area contributed by atoms with E-state index in [1.54, 1.807) is 0 Å². The maximum Gasteiger partial charge on any atom is 0.292 e. The van der Waals surface area contributed by atoms with Crippen molar-refractivity contribution in [3.63, 3.8) is 0 Å². The number of methoxy groups -OCH3 is 1. The lowest BCUT2D eigenvalue weighted by Crippen LogP contribution is -2.23. The Hall–Kier alpha value is -0.570. The maximum atomic E-state index is 8.95. The van der Waals surface area contributed by atoms with Crippen LogP contribution in [0, 0.1) is 5.92 Å². The van der Waals surface area contributed by atoms with Gasteiger partial charge in [0.1, 0.15) is 0 Å². The monoisotopic (exact) mass is 201 g/mol. The van der Waals surface area contributed by atoms with Gasteiger partial charge in [-0.1, -0.05) is 26.2 Å². The molecule has 0 aromatic rings. The van der Waals surface area contributed by atoms with E-state index in [-0.39, 0.29) is 0 Å². The fourth-order valence-electron chi connectivity index (χ4n) is 1.74. The molecule has 1 saturated carbocycles. The van der Waals surface area contributed by atoms with E-state index in [2.05, 4.69) is 17.0 Å². The van der Waals surface area contributed by atoms with Gasteiger partial charge in [-0.3, -0.25) is 4.79 Å². The third-order valence-corrected chi connectivity index (χ3v) is 2.50. The molecule has 1 aliphatic carbocycles. The highest BCUT2D eigenvalue weighted by molar-refractivity contribution is 5.36. The fraction of sp³-hybridized carbons (Fsp3) is 0.909. The zero-order chi connectivity index (χ0) is 10.6. The van der Waals surface area contributed by atoms with Crippen molar-refractivity contribution in [2.75, 3.05) is 20.2 Å². The van der Waals surface area contributed by atoms with Crippen LogP contribution in [0.15, 0.2) is 0 Å². The molecular formula is C11H23NO2. The Labute approximate surface area is 87.2 Å². The summed E-state index contributed by atoms with van der Waals surface area (Å²) in [5, 5.41) is 3.42. The van der Waals surface area contributed by atoms with Crippen molar-refractivity contribution in [3.05, 3.63) is 0 Å². The first kappa shape index (κ1) is 13.4. The van der Waals surface area contributed by atoms with Crippen molar-refractivity contribution in [1.29, 1.82) is 0 Å². The highest BCUT2D eigenvalue weighted by Crippen LogP contribution is 2.22. The number of hydrogen-bond acceptors (Lipinski definition) is 3. The predicted octanol–water partition coefficient (Wildman–Crippen LogP) is 1.97. The molecule has 3 heteroatoms. The predicted molar refractivity (Wildman–Crippen MR) is 58.2 cm³/mol. The van der Waals surface area contributed by atoms with E-state index >= 15 is 0 Å². The van der Waals surface area contributed by atoms with Gasteiger partial charge >= 0.3 is 0 Å². The molecule has 0 amide bonds. The van der Waals surface area contributed by atoms with E-state index in [4.69, 9.17) is 4.79 Å². The molecule has 84 valence electrons. The second-order valence-electron chi connectivity index (χ2n) is 3.64. The van der Waals surface area contributed by atoms with E-state index < -0.39 is 0 Å². The first-order valence-corrected chi connectivity index (χ1v) is 5.52. The Kier molecular flexibility index (Phi) is 10.1. The maximum absolute atomic E-state index is 8.95. The van der Waals surface area contributed by atoms with Gasteiger partial charge in [-0.15, -0.1) is 0 Å². The van der Waals surface area contributed by atoms with Gasteiger partial charge in [0.25, 0.3) is 6.47 Å². The van der Waals surface area contributed by atoms with Crippen LogP contribution in [0.3, 0.4) is 0 Å². The standard InChI is InChI=1S/C9H19N.C2H4O2/c1-2-10-8-9-6-4-3-5-7-9;1-4-2-3/h9-10H,2-8H2,1H3;2H,1H3. The summed E-state index contributed by atoms with van der Waals surface area (Å²) in [5.74, 6) is 0.994. The molecule has 0 spiro atoms. The van der Waals surface area contributed by atoms with Crippen molar-refractivity contribution in [3.8, 4) is 0 Å². The highest BCUT2D eigenvalue weighted by atomic mass is 16.5. The lowest BCUT2D eigenvalue weighted by atomic mass is 9.89. The SMILES string of the molecule is CCNCC1CCCCC1.COC=O. The number of ether oxygens (including phenoxy) is 1. The van der Waals surface area contributed by atoms with Crippen LogP contribution in [-0.2, 0) is 9.53 Å². The number of carbonyl (C=O) groups excluding carboxylic acids is 1. The molecule has 3 nitrogen and oxygen atoms in total. The minimum Gasteiger partial charge on any atom is -0.471 e. The van der Waals surface area contributed by atoms with Crippen molar-refractivity contribution in [2.45, 2.75) is 39.0 Å². The lowest BCUT2D eigenvalue weighted by molar-refractivity contribution is -0.126. The average molecular weight is 201 g/mol. The molecule has 0 aromatic carbocycles. The third-order valence-electron chi connectivity index (χ3n) is 2.50. The van der Waals surface area contributed by atoms with Crippen LogP contribution in [0.5, 0.6) is 0 Å². The summed E-state index contributed by atoms with van der Waals surface area (Å²) in [7, 11) is 1.31. The van der Waals surface area contributed by atoms with Gasteiger partial charge in [-0.05, 0) is 31.8 Å². The van der Waals surface area contributed by atoms with E-state index in [1.165, 1.54) is 45.8 Å². The number of hydrogen-bond donors (Lipinski definition) is 1. The van der Waals surface area contributed by atoms with Gasteiger partial charge in [0.15, 0.2) is 0 Å². The van der Waals surface area contributed by atoms with Gasteiger partial charge < -0.3 is 10.1 Å². The molecule has 0 aromatic heterocycles. The molecule has 1 rings (SSSR count). The minimum atomic E-state index is 0.375. The molecule has 0 unspecified atom stereocenters. The first-order valence-electron chi connectivity index (χ1n) is 5.52.